The molecule has 110 valence electrons. The van der Waals surface area contributed by atoms with E-state index in [0.717, 1.165) is 26.4 Å². The minimum atomic E-state index is 0.593. The van der Waals surface area contributed by atoms with Crippen LogP contribution in [0.15, 0.2) is 49.1 Å². The maximum absolute atomic E-state index is 4.66. The molecule has 5 aromatic rings. The van der Waals surface area contributed by atoms with Crippen molar-refractivity contribution in [1.82, 2.24) is 34.8 Å². The lowest BCUT2D eigenvalue weighted by Crippen LogP contribution is -1.93. The molecule has 0 amide bonds. The molecule has 0 atom stereocenters. The van der Waals surface area contributed by atoms with Gasteiger partial charge in [-0.05, 0) is 6.07 Å². The quantitative estimate of drug-likeness (QED) is 0.541. The number of fused-ring (bicyclic) bond motifs is 2. The summed E-state index contributed by atoms with van der Waals surface area (Å²) in [6, 6.07) is 8.15. The molecule has 0 unspecified atom stereocenters. The smallest absolute Gasteiger partial charge is 0.235 e. The number of nitrogens with one attached hydrogen (secondary N) is 1. The van der Waals surface area contributed by atoms with Gasteiger partial charge in [0.15, 0.2) is 0 Å². The van der Waals surface area contributed by atoms with Crippen molar-refractivity contribution in [2.45, 2.75) is 0 Å². The molecule has 0 bridgehead atoms. The molecule has 8 heteroatoms. The van der Waals surface area contributed by atoms with E-state index in [1.807, 2.05) is 24.4 Å². The van der Waals surface area contributed by atoms with Gasteiger partial charge in [-0.25, -0.2) is 4.98 Å². The molecule has 0 aliphatic rings. The molecule has 0 aliphatic heterocycles. The molecule has 1 N–H and O–H groups in total. The van der Waals surface area contributed by atoms with E-state index in [4.69, 9.17) is 0 Å². The van der Waals surface area contributed by atoms with Crippen molar-refractivity contribution in [1.29, 1.82) is 0 Å². The van der Waals surface area contributed by atoms with Crippen LogP contribution in [0.25, 0.3) is 38.0 Å². The Hall–Kier alpha value is -3.13. The van der Waals surface area contributed by atoms with Crippen molar-refractivity contribution in [2.24, 2.45) is 0 Å². The van der Waals surface area contributed by atoms with Crippen LogP contribution in [0, 0.1) is 0 Å². The van der Waals surface area contributed by atoms with Crippen molar-refractivity contribution in [2.75, 3.05) is 0 Å². The Balaban J connectivity index is 1.71. The molecule has 0 saturated carbocycles. The van der Waals surface area contributed by atoms with Crippen LogP contribution in [0.2, 0.25) is 0 Å². The Labute approximate surface area is 133 Å². The van der Waals surface area contributed by atoms with Gasteiger partial charge in [-0.15, -0.1) is 10.2 Å². The average molecular weight is 319 g/mol. The molecule has 0 saturated heterocycles. The summed E-state index contributed by atoms with van der Waals surface area (Å²) in [5.41, 5.74) is 2.79. The Morgan fingerprint density at radius 1 is 1.09 bits per heavy atom. The Morgan fingerprint density at radius 2 is 2.04 bits per heavy atom. The van der Waals surface area contributed by atoms with Crippen molar-refractivity contribution in [3.63, 3.8) is 0 Å². The van der Waals surface area contributed by atoms with Crippen LogP contribution in [0.5, 0.6) is 0 Å². The van der Waals surface area contributed by atoms with E-state index in [0.29, 0.717) is 11.5 Å². The highest BCUT2D eigenvalue weighted by molar-refractivity contribution is 7.19. The third-order valence-electron chi connectivity index (χ3n) is 3.60. The second-order valence-electron chi connectivity index (χ2n) is 4.96. The topological polar surface area (TPSA) is 84.7 Å². The average Bonchev–Trinajstić information content (AvgIpc) is 3.28. The molecular weight excluding hydrogens is 310 g/mol. The van der Waals surface area contributed by atoms with Crippen LogP contribution >= 0.6 is 11.3 Å². The molecule has 4 aromatic heterocycles. The number of benzene rings is 1. The maximum atomic E-state index is 4.66. The van der Waals surface area contributed by atoms with Gasteiger partial charge in [-0.3, -0.25) is 4.98 Å². The van der Waals surface area contributed by atoms with Gasteiger partial charge in [0.05, 0.1) is 6.20 Å². The SMILES string of the molecule is c1ccc2c(-c3nn4c(-c5cnccn5)nnc4s3)c[nH]c2c1. The summed E-state index contributed by atoms with van der Waals surface area (Å²) >= 11 is 1.50. The number of rotatable bonds is 2. The summed E-state index contributed by atoms with van der Waals surface area (Å²) in [7, 11) is 0. The normalized spacial score (nSPS) is 11.5. The minimum absolute atomic E-state index is 0.593. The molecule has 1 aromatic carbocycles. The van der Waals surface area contributed by atoms with E-state index in [1.54, 1.807) is 23.1 Å². The third kappa shape index (κ3) is 1.85. The largest absolute Gasteiger partial charge is 0.360 e. The Kier molecular flexibility index (Phi) is 2.53. The summed E-state index contributed by atoms with van der Waals surface area (Å²) in [5.74, 6) is 0.593. The molecule has 0 radical (unpaired) electrons. The van der Waals surface area contributed by atoms with E-state index < -0.39 is 0 Å². The van der Waals surface area contributed by atoms with Crippen molar-refractivity contribution in [3.05, 3.63) is 49.1 Å². The van der Waals surface area contributed by atoms with Crippen LogP contribution in [0.1, 0.15) is 0 Å². The van der Waals surface area contributed by atoms with Crippen LogP contribution < -0.4 is 0 Å². The van der Waals surface area contributed by atoms with Gasteiger partial charge in [-0.2, -0.15) is 9.61 Å². The first-order valence-corrected chi connectivity index (χ1v) is 7.77. The maximum Gasteiger partial charge on any atom is 0.235 e. The van der Waals surface area contributed by atoms with Crippen LogP contribution in [-0.4, -0.2) is 34.8 Å². The van der Waals surface area contributed by atoms with Crippen LogP contribution in [-0.2, 0) is 0 Å². The summed E-state index contributed by atoms with van der Waals surface area (Å²) in [5, 5.41) is 15.0. The zero-order valence-corrected chi connectivity index (χ0v) is 12.5. The summed E-state index contributed by atoms with van der Waals surface area (Å²) in [4.78, 5) is 12.3. The second kappa shape index (κ2) is 4.68. The van der Waals surface area contributed by atoms with Crippen molar-refractivity contribution >= 4 is 27.2 Å². The molecule has 7 nitrogen and oxygen atoms in total. The van der Waals surface area contributed by atoms with Crippen LogP contribution in [0.3, 0.4) is 0 Å². The predicted octanol–water partition coefficient (Wildman–Crippen LogP) is 2.79. The molecule has 0 aliphatic carbocycles. The fourth-order valence-corrected chi connectivity index (χ4v) is 3.42. The molecule has 5 rings (SSSR count). The summed E-state index contributed by atoms with van der Waals surface area (Å²) in [6.45, 7) is 0. The fourth-order valence-electron chi connectivity index (χ4n) is 2.55. The number of hydrogen-bond acceptors (Lipinski definition) is 6. The van der Waals surface area contributed by atoms with Crippen molar-refractivity contribution in [3.8, 4) is 22.1 Å². The summed E-state index contributed by atoms with van der Waals surface area (Å²) < 4.78 is 1.71. The number of aromatic amines is 1. The molecule has 23 heavy (non-hydrogen) atoms. The number of para-hydroxylation sites is 1. The minimum Gasteiger partial charge on any atom is -0.360 e. The van der Waals surface area contributed by atoms with E-state index in [1.165, 1.54) is 11.3 Å². The number of hydrogen-bond donors (Lipinski definition) is 1. The lowest BCUT2D eigenvalue weighted by molar-refractivity contribution is 0.958. The van der Waals surface area contributed by atoms with Gasteiger partial charge in [0.1, 0.15) is 10.7 Å². The number of nitrogens with zero attached hydrogens (tertiary/aromatic N) is 6. The first-order chi connectivity index (χ1) is 11.4. The van der Waals surface area contributed by atoms with Gasteiger partial charge in [-0.1, -0.05) is 29.5 Å². The lowest BCUT2D eigenvalue weighted by Gasteiger charge is -1.94. The van der Waals surface area contributed by atoms with Gasteiger partial charge in [0.2, 0.25) is 10.8 Å². The van der Waals surface area contributed by atoms with E-state index in [2.05, 4.69) is 36.3 Å². The van der Waals surface area contributed by atoms with Gasteiger partial charge in [0.25, 0.3) is 0 Å². The molecule has 0 fully saturated rings. The highest BCUT2D eigenvalue weighted by atomic mass is 32.1. The summed E-state index contributed by atoms with van der Waals surface area (Å²) in [6.07, 6.45) is 6.88. The molecule has 0 spiro atoms. The van der Waals surface area contributed by atoms with Crippen LogP contribution in [0.4, 0.5) is 0 Å². The van der Waals surface area contributed by atoms with E-state index >= 15 is 0 Å². The fraction of sp³-hybridized carbons (Fsp3) is 0. The van der Waals surface area contributed by atoms with Gasteiger partial charge >= 0.3 is 0 Å². The third-order valence-corrected chi connectivity index (χ3v) is 4.53. The highest BCUT2D eigenvalue weighted by Crippen LogP contribution is 2.32. The molecular formula is C15H9N7S. The first-order valence-electron chi connectivity index (χ1n) is 6.95. The van der Waals surface area contributed by atoms with Gasteiger partial charge < -0.3 is 4.98 Å². The van der Waals surface area contributed by atoms with Gasteiger partial charge in [0, 0.05) is 35.1 Å². The van der Waals surface area contributed by atoms with Crippen molar-refractivity contribution < 1.29 is 0 Å². The monoisotopic (exact) mass is 319 g/mol. The zero-order chi connectivity index (χ0) is 15.2. The second-order valence-corrected chi connectivity index (χ2v) is 5.92. The Morgan fingerprint density at radius 3 is 2.96 bits per heavy atom. The lowest BCUT2D eigenvalue weighted by atomic mass is 10.2. The Bertz CT molecular complexity index is 1120. The van der Waals surface area contributed by atoms with E-state index in [-0.39, 0.29) is 0 Å². The zero-order valence-electron chi connectivity index (χ0n) is 11.7. The van der Waals surface area contributed by atoms with E-state index in [9.17, 15) is 0 Å². The first kappa shape index (κ1) is 12.4. The number of H-pyrrole nitrogens is 1. The standard InChI is InChI=1S/C15H9N7S/c1-2-4-11-9(3-1)10(7-18-11)14-21-22-13(19-20-15(22)23-14)12-8-16-5-6-17-12/h1-8,18H. The highest BCUT2D eigenvalue weighted by Gasteiger charge is 2.17. The molecule has 4 heterocycles. The number of aromatic nitrogens is 7. The predicted molar refractivity (Wildman–Crippen MR) is 87.0 cm³/mol.